The minimum absolute atomic E-state index is 0.0135. The number of benzene rings is 2. The highest BCUT2D eigenvalue weighted by Gasteiger charge is 2.28. The van der Waals surface area contributed by atoms with Gasteiger partial charge in [0, 0.05) is 48.4 Å². The lowest BCUT2D eigenvalue weighted by Gasteiger charge is -2.31. The van der Waals surface area contributed by atoms with Crippen molar-refractivity contribution in [3.63, 3.8) is 0 Å². The van der Waals surface area contributed by atoms with Crippen molar-refractivity contribution in [1.29, 1.82) is 0 Å². The van der Waals surface area contributed by atoms with E-state index in [1.807, 2.05) is 18.2 Å². The molecule has 2 aliphatic rings. The van der Waals surface area contributed by atoms with E-state index in [0.29, 0.717) is 41.5 Å². The molecular weight excluding hydrogens is 433 g/mol. The summed E-state index contributed by atoms with van der Waals surface area (Å²) in [6.45, 7) is 3.18. The summed E-state index contributed by atoms with van der Waals surface area (Å²) in [5.41, 5.74) is 2.37. The van der Waals surface area contributed by atoms with Crippen LogP contribution in [0, 0.1) is 5.92 Å². The van der Waals surface area contributed by atoms with Crippen molar-refractivity contribution in [2.24, 2.45) is 5.92 Å². The first-order valence-electron chi connectivity index (χ1n) is 10.9. The van der Waals surface area contributed by atoms with Crippen LogP contribution in [-0.2, 0) is 4.79 Å². The van der Waals surface area contributed by atoms with Gasteiger partial charge in [-0.2, -0.15) is 0 Å². The third-order valence-corrected chi connectivity index (χ3v) is 6.71. The average Bonchev–Trinajstić information content (AvgIpc) is 2.80. The summed E-state index contributed by atoms with van der Waals surface area (Å²) >= 11 is 12.4. The van der Waals surface area contributed by atoms with Crippen LogP contribution in [-0.4, -0.2) is 42.9 Å². The predicted molar refractivity (Wildman–Crippen MR) is 126 cm³/mol. The van der Waals surface area contributed by atoms with E-state index in [-0.39, 0.29) is 17.7 Å². The van der Waals surface area contributed by atoms with Crippen LogP contribution < -0.4 is 10.2 Å². The number of nitrogens with zero attached hydrogens (tertiary/aromatic N) is 2. The van der Waals surface area contributed by atoms with Gasteiger partial charge < -0.3 is 15.1 Å². The van der Waals surface area contributed by atoms with Gasteiger partial charge in [-0.1, -0.05) is 23.2 Å². The predicted octanol–water partition coefficient (Wildman–Crippen LogP) is 5.47. The number of anilines is 2. The first-order valence-corrected chi connectivity index (χ1v) is 11.7. The van der Waals surface area contributed by atoms with E-state index in [1.165, 1.54) is 19.3 Å². The quantitative estimate of drug-likeness (QED) is 0.658. The zero-order valence-electron chi connectivity index (χ0n) is 17.4. The molecule has 31 heavy (non-hydrogen) atoms. The number of amides is 2. The number of halogens is 2. The van der Waals surface area contributed by atoms with Gasteiger partial charge in [0.15, 0.2) is 0 Å². The monoisotopic (exact) mass is 459 g/mol. The normalized spacial score (nSPS) is 17.5. The summed E-state index contributed by atoms with van der Waals surface area (Å²) < 4.78 is 0. The third kappa shape index (κ3) is 5.34. The van der Waals surface area contributed by atoms with Crippen molar-refractivity contribution >= 4 is 46.4 Å². The van der Waals surface area contributed by atoms with Gasteiger partial charge in [-0.05, 0) is 74.6 Å². The van der Waals surface area contributed by atoms with Gasteiger partial charge in [0.25, 0.3) is 5.91 Å². The van der Waals surface area contributed by atoms with E-state index >= 15 is 0 Å². The van der Waals surface area contributed by atoms with Crippen LogP contribution in [0.4, 0.5) is 11.4 Å². The summed E-state index contributed by atoms with van der Waals surface area (Å²) in [6.07, 6.45) is 4.93. The lowest BCUT2D eigenvalue weighted by molar-refractivity contribution is -0.121. The lowest BCUT2D eigenvalue weighted by Crippen LogP contribution is -2.41. The SMILES string of the molecule is O=C(Nc1ccc(N2CCCCC2)c(Cl)c1)C1CCN(C(=O)c2ccc(Cl)cc2)CC1. The van der Waals surface area contributed by atoms with Gasteiger partial charge in [-0.15, -0.1) is 0 Å². The Bertz CT molecular complexity index is 934. The highest BCUT2D eigenvalue weighted by molar-refractivity contribution is 6.33. The van der Waals surface area contributed by atoms with Gasteiger partial charge in [0.2, 0.25) is 5.91 Å². The van der Waals surface area contributed by atoms with Crippen LogP contribution in [0.15, 0.2) is 42.5 Å². The molecule has 0 saturated carbocycles. The fraction of sp³-hybridized carbons (Fsp3) is 0.417. The third-order valence-electron chi connectivity index (χ3n) is 6.16. The van der Waals surface area contributed by atoms with Crippen molar-refractivity contribution in [2.75, 3.05) is 36.4 Å². The van der Waals surface area contributed by atoms with Crippen molar-refractivity contribution < 1.29 is 9.59 Å². The Hall–Kier alpha value is -2.24. The summed E-state index contributed by atoms with van der Waals surface area (Å²) in [4.78, 5) is 29.5. The topological polar surface area (TPSA) is 52.7 Å². The zero-order valence-corrected chi connectivity index (χ0v) is 19.0. The second-order valence-electron chi connectivity index (χ2n) is 8.28. The Morgan fingerprint density at radius 2 is 1.55 bits per heavy atom. The fourth-order valence-corrected chi connectivity index (χ4v) is 4.77. The molecule has 0 aliphatic carbocycles. The van der Waals surface area contributed by atoms with Crippen LogP contribution in [0.5, 0.6) is 0 Å². The van der Waals surface area contributed by atoms with Crippen LogP contribution in [0.3, 0.4) is 0 Å². The maximum absolute atomic E-state index is 12.8. The fourth-order valence-electron chi connectivity index (χ4n) is 4.34. The molecule has 2 fully saturated rings. The molecular formula is C24H27Cl2N3O2. The molecule has 0 atom stereocenters. The van der Waals surface area contributed by atoms with Crippen LogP contribution in [0.1, 0.15) is 42.5 Å². The van der Waals surface area contributed by atoms with Crippen molar-refractivity contribution in [1.82, 2.24) is 4.90 Å². The van der Waals surface area contributed by atoms with Crippen molar-refractivity contribution in [2.45, 2.75) is 32.1 Å². The molecule has 7 heteroatoms. The standard InChI is InChI=1S/C24H27Cl2N3O2/c25-19-6-4-18(5-7-19)24(31)29-14-10-17(11-15-29)23(30)27-20-8-9-22(21(26)16-20)28-12-2-1-3-13-28/h4-9,16-17H,1-3,10-15H2,(H,27,30). The molecule has 0 radical (unpaired) electrons. The second kappa shape index (κ2) is 9.92. The molecule has 2 aromatic carbocycles. The van der Waals surface area contributed by atoms with Crippen LogP contribution >= 0.6 is 23.2 Å². The van der Waals surface area contributed by atoms with Gasteiger partial charge >= 0.3 is 0 Å². The second-order valence-corrected chi connectivity index (χ2v) is 9.12. The Morgan fingerprint density at radius 1 is 0.871 bits per heavy atom. The molecule has 2 heterocycles. The number of piperidine rings is 2. The van der Waals surface area contributed by atoms with Gasteiger partial charge in [0.05, 0.1) is 10.7 Å². The summed E-state index contributed by atoms with van der Waals surface area (Å²) in [6, 6.07) is 12.7. The molecule has 0 spiro atoms. The van der Waals surface area contributed by atoms with E-state index in [2.05, 4.69) is 10.2 Å². The summed E-state index contributed by atoms with van der Waals surface area (Å²) in [5, 5.41) is 4.28. The first-order chi connectivity index (χ1) is 15.0. The van der Waals surface area contributed by atoms with Crippen LogP contribution in [0.25, 0.3) is 0 Å². The Labute approximate surface area is 193 Å². The number of likely N-dealkylation sites (tertiary alicyclic amines) is 1. The van der Waals surface area contributed by atoms with Crippen LogP contribution in [0.2, 0.25) is 10.0 Å². The van der Waals surface area contributed by atoms with Crippen molar-refractivity contribution in [3.8, 4) is 0 Å². The summed E-state index contributed by atoms with van der Waals surface area (Å²) in [5.74, 6) is -0.147. The molecule has 4 rings (SSSR count). The molecule has 0 bridgehead atoms. The minimum atomic E-state index is -0.116. The molecule has 164 valence electrons. The number of carbonyl (C=O) groups excluding carboxylic acids is 2. The number of nitrogens with one attached hydrogen (secondary N) is 1. The largest absolute Gasteiger partial charge is 0.370 e. The molecule has 0 unspecified atom stereocenters. The number of hydrogen-bond donors (Lipinski definition) is 1. The lowest BCUT2D eigenvalue weighted by atomic mass is 9.95. The van der Waals surface area contributed by atoms with Gasteiger partial charge in [-0.25, -0.2) is 0 Å². The van der Waals surface area contributed by atoms with Gasteiger partial charge in [0.1, 0.15) is 0 Å². The molecule has 1 N–H and O–H groups in total. The number of hydrogen-bond acceptors (Lipinski definition) is 3. The number of rotatable bonds is 4. The van der Waals surface area contributed by atoms with E-state index in [9.17, 15) is 9.59 Å². The first kappa shape index (κ1) is 22.0. The smallest absolute Gasteiger partial charge is 0.253 e. The van der Waals surface area contributed by atoms with E-state index in [1.54, 1.807) is 29.2 Å². The summed E-state index contributed by atoms with van der Waals surface area (Å²) in [7, 11) is 0. The average molecular weight is 460 g/mol. The Morgan fingerprint density at radius 3 is 2.19 bits per heavy atom. The van der Waals surface area contributed by atoms with Crippen molar-refractivity contribution in [3.05, 3.63) is 58.1 Å². The van der Waals surface area contributed by atoms with E-state index < -0.39 is 0 Å². The van der Waals surface area contributed by atoms with E-state index in [4.69, 9.17) is 23.2 Å². The highest BCUT2D eigenvalue weighted by atomic mass is 35.5. The minimum Gasteiger partial charge on any atom is -0.370 e. The number of carbonyl (C=O) groups is 2. The highest BCUT2D eigenvalue weighted by Crippen LogP contribution is 2.31. The maximum atomic E-state index is 12.8. The molecule has 5 nitrogen and oxygen atoms in total. The maximum Gasteiger partial charge on any atom is 0.253 e. The molecule has 2 saturated heterocycles. The molecule has 2 amide bonds. The molecule has 0 aromatic heterocycles. The zero-order chi connectivity index (χ0) is 21.8. The molecule has 2 aromatic rings. The Balaban J connectivity index is 1.31. The molecule has 2 aliphatic heterocycles. The van der Waals surface area contributed by atoms with E-state index in [0.717, 1.165) is 24.5 Å². The Kier molecular flexibility index (Phi) is 7.03. The van der Waals surface area contributed by atoms with Gasteiger partial charge in [-0.3, -0.25) is 9.59 Å².